The predicted octanol–water partition coefficient (Wildman–Crippen LogP) is -0.0406. The molecule has 0 aromatic rings. The van der Waals surface area contributed by atoms with Crippen molar-refractivity contribution in [2.24, 2.45) is 0 Å². The molecule has 0 saturated carbocycles. The van der Waals surface area contributed by atoms with E-state index in [0.717, 1.165) is 19.6 Å². The summed E-state index contributed by atoms with van der Waals surface area (Å²) >= 11 is 0. The summed E-state index contributed by atoms with van der Waals surface area (Å²) in [5, 5.41) is 0. The highest BCUT2D eigenvalue weighted by atomic mass is 16.6. The number of nitrogens with zero attached hydrogens (tertiary/aromatic N) is 2. The number of carbonyl (C=O) groups excluding carboxylic acids is 2. The summed E-state index contributed by atoms with van der Waals surface area (Å²) in [7, 11) is 0. The average molecular weight is 200 g/mol. The molecule has 0 spiro atoms. The number of piperazine rings is 1. The maximum Gasteiger partial charge on any atom is 0.410 e. The number of likely N-dealkylation sites (N-methyl/N-ethyl adjacent to an activating group) is 1. The summed E-state index contributed by atoms with van der Waals surface area (Å²) in [5.74, 6) is 0. The van der Waals surface area contributed by atoms with Gasteiger partial charge in [-0.05, 0) is 6.54 Å². The zero-order valence-electron chi connectivity index (χ0n) is 8.44. The molecule has 0 atom stereocenters. The zero-order chi connectivity index (χ0) is 10.4. The third-order valence-electron chi connectivity index (χ3n) is 2.35. The smallest absolute Gasteiger partial charge is 0.410 e. The quantitative estimate of drug-likeness (QED) is 0.600. The molecule has 0 N–H and O–H groups in total. The molecule has 1 aliphatic heterocycles. The van der Waals surface area contributed by atoms with Crippen LogP contribution in [0.2, 0.25) is 0 Å². The van der Waals surface area contributed by atoms with E-state index in [1.807, 2.05) is 0 Å². The normalized spacial score (nSPS) is 17.9. The van der Waals surface area contributed by atoms with E-state index in [1.165, 1.54) is 0 Å². The van der Waals surface area contributed by atoms with E-state index in [2.05, 4.69) is 11.8 Å². The van der Waals surface area contributed by atoms with Crippen LogP contribution in [0.25, 0.3) is 0 Å². The molecule has 0 aliphatic carbocycles. The Kier molecular flexibility index (Phi) is 4.39. The third-order valence-corrected chi connectivity index (χ3v) is 2.35. The van der Waals surface area contributed by atoms with Crippen molar-refractivity contribution < 1.29 is 14.3 Å². The first kappa shape index (κ1) is 11.0. The van der Waals surface area contributed by atoms with Crippen molar-refractivity contribution in [1.29, 1.82) is 0 Å². The standard InChI is InChI=1S/C9H16N2O3/c1-2-10-3-5-11(6-4-10)9(13)14-8-7-12/h7H,2-6,8H2,1H3. The Bertz CT molecular complexity index is 200. The van der Waals surface area contributed by atoms with E-state index >= 15 is 0 Å². The van der Waals surface area contributed by atoms with E-state index < -0.39 is 0 Å². The fourth-order valence-corrected chi connectivity index (χ4v) is 1.44. The minimum Gasteiger partial charge on any atom is -0.442 e. The highest BCUT2D eigenvalue weighted by molar-refractivity contribution is 5.69. The summed E-state index contributed by atoms with van der Waals surface area (Å²) < 4.78 is 4.70. The first-order valence-corrected chi connectivity index (χ1v) is 4.85. The minimum absolute atomic E-state index is 0.146. The second-order valence-corrected chi connectivity index (χ2v) is 3.16. The van der Waals surface area contributed by atoms with Gasteiger partial charge in [0.1, 0.15) is 6.61 Å². The van der Waals surface area contributed by atoms with Gasteiger partial charge >= 0.3 is 6.09 Å². The molecule has 14 heavy (non-hydrogen) atoms. The van der Waals surface area contributed by atoms with Crippen LogP contribution in [0.3, 0.4) is 0 Å². The lowest BCUT2D eigenvalue weighted by Crippen LogP contribution is -2.48. The molecule has 5 nitrogen and oxygen atoms in total. The molecule has 1 heterocycles. The summed E-state index contributed by atoms with van der Waals surface area (Å²) in [5.41, 5.74) is 0. The maximum absolute atomic E-state index is 11.3. The maximum atomic E-state index is 11.3. The third kappa shape index (κ3) is 2.99. The number of carbonyl (C=O) groups is 2. The second kappa shape index (κ2) is 5.59. The van der Waals surface area contributed by atoms with Gasteiger partial charge in [-0.3, -0.25) is 4.79 Å². The molecular weight excluding hydrogens is 184 g/mol. The topological polar surface area (TPSA) is 49.9 Å². The van der Waals surface area contributed by atoms with Gasteiger partial charge in [-0.15, -0.1) is 0 Å². The number of rotatable bonds is 3. The van der Waals surface area contributed by atoms with Gasteiger partial charge in [0.05, 0.1) is 0 Å². The lowest BCUT2D eigenvalue weighted by atomic mass is 10.3. The van der Waals surface area contributed by atoms with Gasteiger partial charge in [-0.1, -0.05) is 6.92 Å². The van der Waals surface area contributed by atoms with E-state index in [-0.39, 0.29) is 12.7 Å². The molecule has 5 heteroatoms. The van der Waals surface area contributed by atoms with Crippen molar-refractivity contribution in [3.05, 3.63) is 0 Å². The van der Waals surface area contributed by atoms with Crippen molar-refractivity contribution in [2.45, 2.75) is 6.92 Å². The van der Waals surface area contributed by atoms with Crippen LogP contribution in [-0.2, 0) is 9.53 Å². The van der Waals surface area contributed by atoms with E-state index in [0.29, 0.717) is 19.4 Å². The molecular formula is C9H16N2O3. The minimum atomic E-state index is -0.382. The largest absolute Gasteiger partial charge is 0.442 e. The molecule has 1 fully saturated rings. The van der Waals surface area contributed by atoms with Gasteiger partial charge in [0.25, 0.3) is 0 Å². The monoisotopic (exact) mass is 200 g/mol. The van der Waals surface area contributed by atoms with Gasteiger partial charge in [0.15, 0.2) is 6.29 Å². The van der Waals surface area contributed by atoms with Crippen LogP contribution in [0.4, 0.5) is 4.79 Å². The molecule has 0 aromatic heterocycles. The Morgan fingerprint density at radius 3 is 2.50 bits per heavy atom. The molecule has 80 valence electrons. The predicted molar refractivity (Wildman–Crippen MR) is 51.1 cm³/mol. The highest BCUT2D eigenvalue weighted by Crippen LogP contribution is 2.02. The molecule has 0 aromatic carbocycles. The van der Waals surface area contributed by atoms with Crippen LogP contribution in [0.5, 0.6) is 0 Å². The number of hydrogen-bond donors (Lipinski definition) is 0. The molecule has 0 radical (unpaired) electrons. The van der Waals surface area contributed by atoms with Crippen LogP contribution < -0.4 is 0 Å². The summed E-state index contributed by atoms with van der Waals surface area (Å²) in [6.45, 7) is 6.10. The first-order chi connectivity index (χ1) is 6.77. The average Bonchev–Trinajstić information content (AvgIpc) is 2.26. The second-order valence-electron chi connectivity index (χ2n) is 3.16. The van der Waals surface area contributed by atoms with Crippen molar-refractivity contribution >= 4 is 12.4 Å². The van der Waals surface area contributed by atoms with E-state index in [9.17, 15) is 9.59 Å². The van der Waals surface area contributed by atoms with E-state index in [1.54, 1.807) is 4.90 Å². The van der Waals surface area contributed by atoms with Gasteiger partial charge in [-0.25, -0.2) is 4.79 Å². The van der Waals surface area contributed by atoms with Crippen molar-refractivity contribution in [3.8, 4) is 0 Å². The van der Waals surface area contributed by atoms with Crippen LogP contribution in [0.1, 0.15) is 6.92 Å². The van der Waals surface area contributed by atoms with Crippen molar-refractivity contribution in [3.63, 3.8) is 0 Å². The molecule has 0 bridgehead atoms. The Morgan fingerprint density at radius 1 is 1.36 bits per heavy atom. The fraction of sp³-hybridized carbons (Fsp3) is 0.778. The van der Waals surface area contributed by atoms with Gasteiger partial charge in [-0.2, -0.15) is 0 Å². The van der Waals surface area contributed by atoms with E-state index in [4.69, 9.17) is 4.74 Å². The van der Waals surface area contributed by atoms with Crippen molar-refractivity contribution in [1.82, 2.24) is 9.80 Å². The van der Waals surface area contributed by atoms with Gasteiger partial charge in [0.2, 0.25) is 0 Å². The number of amides is 1. The lowest BCUT2D eigenvalue weighted by Gasteiger charge is -2.33. The molecule has 0 unspecified atom stereocenters. The Labute approximate surface area is 83.6 Å². The zero-order valence-corrected chi connectivity index (χ0v) is 8.44. The highest BCUT2D eigenvalue weighted by Gasteiger charge is 2.20. The number of ether oxygens (including phenoxy) is 1. The van der Waals surface area contributed by atoms with Crippen molar-refractivity contribution in [2.75, 3.05) is 39.3 Å². The van der Waals surface area contributed by atoms with Crippen LogP contribution in [-0.4, -0.2) is 61.5 Å². The van der Waals surface area contributed by atoms with Gasteiger partial charge < -0.3 is 14.5 Å². The molecule has 1 amide bonds. The molecule has 1 rings (SSSR count). The van der Waals surface area contributed by atoms with Crippen LogP contribution in [0.15, 0.2) is 0 Å². The summed E-state index contributed by atoms with van der Waals surface area (Å²) in [6.07, 6.45) is 0.202. The summed E-state index contributed by atoms with van der Waals surface area (Å²) in [6, 6.07) is 0. The Morgan fingerprint density at radius 2 is 2.00 bits per heavy atom. The lowest BCUT2D eigenvalue weighted by molar-refractivity contribution is -0.110. The van der Waals surface area contributed by atoms with Gasteiger partial charge in [0, 0.05) is 26.2 Å². The summed E-state index contributed by atoms with van der Waals surface area (Å²) in [4.78, 5) is 25.2. The number of aldehydes is 1. The SMILES string of the molecule is CCN1CCN(C(=O)OCC=O)CC1. The van der Waals surface area contributed by atoms with Crippen LogP contribution >= 0.6 is 0 Å². The Balaban J connectivity index is 2.26. The fourth-order valence-electron chi connectivity index (χ4n) is 1.44. The number of hydrogen-bond acceptors (Lipinski definition) is 4. The Hall–Kier alpha value is -1.10. The van der Waals surface area contributed by atoms with Crippen LogP contribution in [0, 0.1) is 0 Å². The first-order valence-electron chi connectivity index (χ1n) is 4.85. The molecule has 1 saturated heterocycles. The molecule has 1 aliphatic rings.